The van der Waals surface area contributed by atoms with Crippen molar-refractivity contribution < 1.29 is 48.1 Å². The molecule has 0 spiro atoms. The van der Waals surface area contributed by atoms with Crippen molar-refractivity contribution in [1.29, 1.82) is 0 Å². The maximum atomic E-state index is 12.7. The summed E-state index contributed by atoms with van der Waals surface area (Å²) in [5.41, 5.74) is 1.39. The number of nitro benzene ring substituents is 1. The minimum atomic E-state index is -1.15. The minimum Gasteiger partial charge on any atom is -0.496 e. The fourth-order valence-electron chi connectivity index (χ4n) is 4.75. The molecule has 13 nitrogen and oxygen atoms in total. The van der Waals surface area contributed by atoms with E-state index in [9.17, 15) is 29.6 Å². The standard InChI is InChI=1S/C31H32N2O11/c1-31(13-4-14-43-31)29(36)32-24(28(34)35)15-19-5-7-21(8-6-19)27-25(40-2)16-20(17-26(27)41-3)18-42-30(37)44-23-11-9-22(10-12-23)33(38)39/h5-12,16-17,24H,4,13-15,18H2,1-3H3,(H,32,36)(H,34,35)/t24-,31+/m0/s1. The van der Waals surface area contributed by atoms with E-state index in [0.717, 1.165) is 12.0 Å². The van der Waals surface area contributed by atoms with Crippen LogP contribution in [0, 0.1) is 10.1 Å². The van der Waals surface area contributed by atoms with Gasteiger partial charge in [-0.15, -0.1) is 0 Å². The Hall–Kier alpha value is -5.17. The van der Waals surface area contributed by atoms with Gasteiger partial charge in [0.1, 0.15) is 35.5 Å². The Kier molecular flexibility index (Phi) is 10.0. The molecule has 0 saturated carbocycles. The van der Waals surface area contributed by atoms with Gasteiger partial charge in [-0.25, -0.2) is 9.59 Å². The van der Waals surface area contributed by atoms with Gasteiger partial charge in [0.25, 0.3) is 11.6 Å². The number of rotatable bonds is 12. The highest BCUT2D eigenvalue weighted by Gasteiger charge is 2.39. The summed E-state index contributed by atoms with van der Waals surface area (Å²) in [5.74, 6) is -0.650. The first-order chi connectivity index (χ1) is 21.0. The van der Waals surface area contributed by atoms with Crippen molar-refractivity contribution in [1.82, 2.24) is 5.32 Å². The number of aliphatic carboxylic acids is 1. The van der Waals surface area contributed by atoms with Gasteiger partial charge in [-0.1, -0.05) is 24.3 Å². The molecule has 44 heavy (non-hydrogen) atoms. The van der Waals surface area contributed by atoms with E-state index in [4.69, 9.17) is 23.7 Å². The topological polar surface area (TPSA) is 173 Å². The molecule has 13 heteroatoms. The van der Waals surface area contributed by atoms with Crippen molar-refractivity contribution in [3.63, 3.8) is 0 Å². The molecule has 1 fully saturated rings. The Morgan fingerprint density at radius 3 is 2.18 bits per heavy atom. The maximum absolute atomic E-state index is 12.7. The fraction of sp³-hybridized carbons (Fsp3) is 0.323. The number of carbonyl (C=O) groups excluding carboxylic acids is 2. The minimum absolute atomic E-state index is 0.0674. The number of nitrogens with zero attached hydrogens (tertiary/aromatic N) is 1. The highest BCUT2D eigenvalue weighted by atomic mass is 16.7. The summed E-state index contributed by atoms with van der Waals surface area (Å²) in [6.07, 6.45) is 0.330. The molecule has 4 rings (SSSR count). The molecule has 0 aliphatic carbocycles. The number of nitrogens with one attached hydrogen (secondary N) is 1. The third-order valence-electron chi connectivity index (χ3n) is 7.16. The maximum Gasteiger partial charge on any atom is 0.514 e. The average molecular weight is 609 g/mol. The molecule has 3 aromatic rings. The van der Waals surface area contributed by atoms with Crippen LogP contribution in [0.3, 0.4) is 0 Å². The Bertz CT molecular complexity index is 1490. The van der Waals surface area contributed by atoms with E-state index in [1.54, 1.807) is 43.3 Å². The molecule has 0 unspecified atom stereocenters. The first kappa shape index (κ1) is 31.8. The average Bonchev–Trinajstić information content (AvgIpc) is 3.47. The summed E-state index contributed by atoms with van der Waals surface area (Å²) in [6.45, 7) is 1.94. The number of carbonyl (C=O) groups is 3. The van der Waals surface area contributed by atoms with Gasteiger partial charge in [0.15, 0.2) is 0 Å². The number of methoxy groups -OCH3 is 2. The van der Waals surface area contributed by atoms with E-state index in [1.807, 2.05) is 0 Å². The summed E-state index contributed by atoms with van der Waals surface area (Å²) < 4.78 is 27.0. The number of hydrogen-bond acceptors (Lipinski definition) is 10. The van der Waals surface area contributed by atoms with Gasteiger partial charge < -0.3 is 34.1 Å². The lowest BCUT2D eigenvalue weighted by molar-refractivity contribution is -0.384. The van der Waals surface area contributed by atoms with E-state index >= 15 is 0 Å². The van der Waals surface area contributed by atoms with Crippen LogP contribution in [-0.2, 0) is 32.1 Å². The van der Waals surface area contributed by atoms with Crippen molar-refractivity contribution in [3.8, 4) is 28.4 Å². The third-order valence-corrected chi connectivity index (χ3v) is 7.16. The SMILES string of the molecule is COc1cc(COC(=O)Oc2ccc([N+](=O)[O-])cc2)cc(OC)c1-c1ccc(C[C@H](NC(=O)[C@@]2(C)CCCO2)C(=O)O)cc1. The number of ether oxygens (including phenoxy) is 5. The summed E-state index contributed by atoms with van der Waals surface area (Å²) in [5, 5.41) is 23.1. The molecule has 1 aliphatic heterocycles. The predicted octanol–water partition coefficient (Wildman–Crippen LogP) is 4.68. The largest absolute Gasteiger partial charge is 0.514 e. The highest BCUT2D eigenvalue weighted by molar-refractivity contribution is 5.89. The van der Waals surface area contributed by atoms with Gasteiger partial charge in [-0.05, 0) is 60.7 Å². The zero-order valence-electron chi connectivity index (χ0n) is 24.4. The van der Waals surface area contributed by atoms with Crippen molar-refractivity contribution in [2.75, 3.05) is 20.8 Å². The van der Waals surface area contributed by atoms with Gasteiger partial charge in [-0.2, -0.15) is 0 Å². The smallest absolute Gasteiger partial charge is 0.496 e. The van der Waals surface area contributed by atoms with E-state index in [2.05, 4.69) is 5.32 Å². The molecule has 1 aliphatic rings. The van der Waals surface area contributed by atoms with Crippen LogP contribution in [0.15, 0.2) is 60.7 Å². The number of amides is 1. The molecule has 0 radical (unpaired) electrons. The molecule has 0 bridgehead atoms. The van der Waals surface area contributed by atoms with Crippen LogP contribution in [0.4, 0.5) is 10.5 Å². The first-order valence-corrected chi connectivity index (χ1v) is 13.6. The highest BCUT2D eigenvalue weighted by Crippen LogP contribution is 2.40. The van der Waals surface area contributed by atoms with Crippen LogP contribution in [0.25, 0.3) is 11.1 Å². The van der Waals surface area contributed by atoms with Crippen molar-refractivity contribution in [3.05, 3.63) is 81.9 Å². The Morgan fingerprint density at radius 1 is 1.02 bits per heavy atom. The summed E-state index contributed by atoms with van der Waals surface area (Å²) >= 11 is 0. The number of nitro groups is 1. The van der Waals surface area contributed by atoms with E-state index in [1.165, 1.54) is 38.5 Å². The molecule has 1 heterocycles. The van der Waals surface area contributed by atoms with Crippen LogP contribution < -0.4 is 19.5 Å². The van der Waals surface area contributed by atoms with Gasteiger partial charge in [-0.3, -0.25) is 14.9 Å². The number of non-ortho nitro benzene ring substituents is 1. The molecular formula is C31H32N2O11. The summed E-state index contributed by atoms with van der Waals surface area (Å²) in [4.78, 5) is 47.0. The van der Waals surface area contributed by atoms with Crippen molar-refractivity contribution >= 4 is 23.7 Å². The van der Waals surface area contributed by atoms with Gasteiger partial charge >= 0.3 is 12.1 Å². The lowest BCUT2D eigenvalue weighted by Gasteiger charge is -2.24. The van der Waals surface area contributed by atoms with Crippen molar-refractivity contribution in [2.45, 2.75) is 44.4 Å². The van der Waals surface area contributed by atoms with Gasteiger partial charge in [0.2, 0.25) is 0 Å². The molecule has 2 N–H and O–H groups in total. The predicted molar refractivity (Wildman–Crippen MR) is 156 cm³/mol. The third kappa shape index (κ3) is 7.61. The molecule has 232 valence electrons. The van der Waals surface area contributed by atoms with Crippen LogP contribution in [0.1, 0.15) is 30.9 Å². The van der Waals surface area contributed by atoms with Gasteiger partial charge in [0, 0.05) is 25.2 Å². The monoisotopic (exact) mass is 608 g/mol. The zero-order valence-corrected chi connectivity index (χ0v) is 24.4. The number of hydrogen-bond donors (Lipinski definition) is 2. The van der Waals surface area contributed by atoms with Crippen LogP contribution in [0.5, 0.6) is 17.2 Å². The summed E-state index contributed by atoms with van der Waals surface area (Å²) in [6, 6.07) is 14.3. The van der Waals surface area contributed by atoms with Crippen LogP contribution in [0.2, 0.25) is 0 Å². The number of carboxylic acid groups (broad SMARTS) is 1. The Morgan fingerprint density at radius 2 is 1.66 bits per heavy atom. The van der Waals surface area contributed by atoms with E-state index in [0.29, 0.717) is 41.2 Å². The quantitative estimate of drug-likeness (QED) is 0.127. The lowest BCUT2D eigenvalue weighted by atomic mass is 9.97. The van der Waals surface area contributed by atoms with Crippen molar-refractivity contribution in [2.24, 2.45) is 0 Å². The van der Waals surface area contributed by atoms with E-state index in [-0.39, 0.29) is 24.5 Å². The zero-order chi connectivity index (χ0) is 31.9. The number of carboxylic acids is 1. The molecule has 1 amide bonds. The van der Waals surface area contributed by atoms with E-state index < -0.39 is 34.6 Å². The lowest BCUT2D eigenvalue weighted by Crippen LogP contribution is -2.51. The molecule has 0 aromatic heterocycles. The van der Waals surface area contributed by atoms with Crippen LogP contribution >= 0.6 is 0 Å². The molecule has 2 atom stereocenters. The Labute approximate surface area is 252 Å². The second kappa shape index (κ2) is 13.9. The summed E-state index contributed by atoms with van der Waals surface area (Å²) in [7, 11) is 2.96. The van der Waals surface area contributed by atoms with Gasteiger partial charge in [0.05, 0.1) is 24.7 Å². The Balaban J connectivity index is 1.44. The molecule has 3 aromatic carbocycles. The normalized spacial score (nSPS) is 16.4. The first-order valence-electron chi connectivity index (χ1n) is 13.6. The second-order valence-corrected chi connectivity index (χ2v) is 10.2. The second-order valence-electron chi connectivity index (χ2n) is 10.2. The molecular weight excluding hydrogens is 576 g/mol. The number of benzene rings is 3. The van der Waals surface area contributed by atoms with Crippen LogP contribution in [-0.4, -0.2) is 60.5 Å². The molecule has 1 saturated heterocycles. The fourth-order valence-corrected chi connectivity index (χ4v) is 4.75.